The van der Waals surface area contributed by atoms with E-state index in [0.717, 1.165) is 25.8 Å². The van der Waals surface area contributed by atoms with E-state index < -0.39 is 0 Å². The van der Waals surface area contributed by atoms with E-state index in [4.69, 9.17) is 4.74 Å². The first-order chi connectivity index (χ1) is 11.8. The van der Waals surface area contributed by atoms with Gasteiger partial charge >= 0.3 is 5.97 Å². The molecule has 1 saturated heterocycles. The Labute approximate surface area is 144 Å². The van der Waals surface area contributed by atoms with Gasteiger partial charge in [-0.25, -0.2) is 0 Å². The molecular formula is C21H25NO2. The van der Waals surface area contributed by atoms with Crippen molar-refractivity contribution in [3.8, 4) is 0 Å². The summed E-state index contributed by atoms with van der Waals surface area (Å²) < 4.78 is 5.35. The molecule has 1 unspecified atom stereocenters. The Morgan fingerprint density at radius 3 is 2.17 bits per heavy atom. The van der Waals surface area contributed by atoms with Crippen molar-refractivity contribution in [3.05, 3.63) is 71.8 Å². The molecule has 1 atom stereocenters. The van der Waals surface area contributed by atoms with Crippen molar-refractivity contribution >= 4 is 5.97 Å². The zero-order valence-corrected chi connectivity index (χ0v) is 14.2. The van der Waals surface area contributed by atoms with Crippen LogP contribution in [-0.2, 0) is 9.53 Å². The van der Waals surface area contributed by atoms with E-state index in [0.29, 0.717) is 6.61 Å². The molecule has 0 spiro atoms. The summed E-state index contributed by atoms with van der Waals surface area (Å²) in [7, 11) is 0. The second kappa shape index (κ2) is 8.11. The highest BCUT2D eigenvalue weighted by molar-refractivity contribution is 5.76. The van der Waals surface area contributed by atoms with Crippen LogP contribution in [0.4, 0.5) is 0 Å². The number of hydrogen-bond donors (Lipinski definition) is 0. The number of hydrogen-bond acceptors (Lipinski definition) is 3. The average molecular weight is 323 g/mol. The Kier molecular flexibility index (Phi) is 5.65. The van der Waals surface area contributed by atoms with Gasteiger partial charge in [-0.1, -0.05) is 67.1 Å². The van der Waals surface area contributed by atoms with E-state index in [9.17, 15) is 4.79 Å². The van der Waals surface area contributed by atoms with Crippen molar-refractivity contribution < 1.29 is 9.53 Å². The summed E-state index contributed by atoms with van der Waals surface area (Å²) in [5.74, 6) is -0.0888. The smallest absolute Gasteiger partial charge is 0.323 e. The van der Waals surface area contributed by atoms with Crippen LogP contribution >= 0.6 is 0 Å². The molecule has 0 N–H and O–H groups in total. The molecule has 3 rings (SSSR count). The van der Waals surface area contributed by atoms with Gasteiger partial charge in [0.15, 0.2) is 0 Å². The number of carbonyl (C=O) groups excluding carboxylic acids is 1. The maximum Gasteiger partial charge on any atom is 0.323 e. The van der Waals surface area contributed by atoms with Crippen LogP contribution in [0.25, 0.3) is 0 Å². The monoisotopic (exact) mass is 323 g/mol. The molecular weight excluding hydrogens is 298 g/mol. The van der Waals surface area contributed by atoms with Gasteiger partial charge in [-0.15, -0.1) is 0 Å². The average Bonchev–Trinajstić information content (AvgIpc) is 2.64. The van der Waals surface area contributed by atoms with Crippen molar-refractivity contribution in [2.24, 2.45) is 0 Å². The lowest BCUT2D eigenvalue weighted by atomic mass is 9.92. The first-order valence-electron chi connectivity index (χ1n) is 8.83. The molecule has 3 heteroatoms. The number of carbonyl (C=O) groups is 1. The number of nitrogens with zero attached hydrogens (tertiary/aromatic N) is 1. The van der Waals surface area contributed by atoms with Crippen molar-refractivity contribution in [3.63, 3.8) is 0 Å². The van der Waals surface area contributed by atoms with E-state index in [-0.39, 0.29) is 18.1 Å². The maximum atomic E-state index is 12.5. The lowest BCUT2D eigenvalue weighted by Gasteiger charge is -2.40. The van der Waals surface area contributed by atoms with Gasteiger partial charge in [0, 0.05) is 0 Å². The molecule has 0 amide bonds. The molecule has 1 fully saturated rings. The van der Waals surface area contributed by atoms with Gasteiger partial charge in [0.1, 0.15) is 6.04 Å². The highest BCUT2D eigenvalue weighted by Gasteiger charge is 2.35. The first kappa shape index (κ1) is 16.7. The number of piperidine rings is 1. The van der Waals surface area contributed by atoms with Crippen molar-refractivity contribution in [1.82, 2.24) is 4.90 Å². The third kappa shape index (κ3) is 3.68. The highest BCUT2D eigenvalue weighted by atomic mass is 16.5. The minimum absolute atomic E-state index is 0.0853. The summed E-state index contributed by atoms with van der Waals surface area (Å²) in [5, 5.41) is 0. The second-order valence-electron chi connectivity index (χ2n) is 6.23. The summed E-state index contributed by atoms with van der Waals surface area (Å²) in [5.41, 5.74) is 2.44. The van der Waals surface area contributed by atoms with Gasteiger partial charge in [-0.2, -0.15) is 0 Å². The van der Waals surface area contributed by atoms with Gasteiger partial charge in [-0.3, -0.25) is 9.69 Å². The molecule has 1 aliphatic rings. The van der Waals surface area contributed by atoms with Crippen molar-refractivity contribution in [1.29, 1.82) is 0 Å². The largest absolute Gasteiger partial charge is 0.465 e. The van der Waals surface area contributed by atoms with E-state index in [1.165, 1.54) is 11.1 Å². The van der Waals surface area contributed by atoms with Crippen molar-refractivity contribution in [2.75, 3.05) is 13.2 Å². The zero-order valence-electron chi connectivity index (χ0n) is 14.2. The number of rotatable bonds is 5. The van der Waals surface area contributed by atoms with Crippen LogP contribution in [0.3, 0.4) is 0 Å². The van der Waals surface area contributed by atoms with Crippen LogP contribution in [0.5, 0.6) is 0 Å². The van der Waals surface area contributed by atoms with E-state index in [2.05, 4.69) is 53.4 Å². The summed E-state index contributed by atoms with van der Waals surface area (Å²) in [6.07, 6.45) is 3.07. The number of ether oxygens (including phenoxy) is 1. The normalized spacial score (nSPS) is 18.5. The number of benzene rings is 2. The summed E-state index contributed by atoms with van der Waals surface area (Å²) in [6.45, 7) is 3.22. The molecule has 2 aromatic carbocycles. The van der Waals surface area contributed by atoms with E-state index in [1.807, 2.05) is 19.1 Å². The van der Waals surface area contributed by atoms with Crippen LogP contribution in [0, 0.1) is 0 Å². The molecule has 0 radical (unpaired) electrons. The summed E-state index contributed by atoms with van der Waals surface area (Å²) in [4.78, 5) is 14.8. The lowest BCUT2D eigenvalue weighted by molar-refractivity contribution is -0.151. The summed E-state index contributed by atoms with van der Waals surface area (Å²) in [6, 6.07) is 20.8. The molecule has 0 aromatic heterocycles. The van der Waals surface area contributed by atoms with Crippen LogP contribution in [-0.4, -0.2) is 30.1 Å². The molecule has 0 saturated carbocycles. The fourth-order valence-corrected chi connectivity index (χ4v) is 3.60. The van der Waals surface area contributed by atoms with Gasteiger partial charge in [0.25, 0.3) is 0 Å². The van der Waals surface area contributed by atoms with E-state index in [1.54, 1.807) is 0 Å². The Morgan fingerprint density at radius 2 is 1.62 bits per heavy atom. The van der Waals surface area contributed by atoms with Crippen LogP contribution in [0.15, 0.2) is 60.7 Å². The Hall–Kier alpha value is -2.13. The molecule has 1 aliphatic heterocycles. The Morgan fingerprint density at radius 1 is 1.04 bits per heavy atom. The van der Waals surface area contributed by atoms with Crippen LogP contribution in [0.1, 0.15) is 43.4 Å². The predicted octanol–water partition coefficient (Wildman–Crippen LogP) is 4.19. The van der Waals surface area contributed by atoms with Crippen LogP contribution < -0.4 is 0 Å². The second-order valence-corrected chi connectivity index (χ2v) is 6.23. The zero-order chi connectivity index (χ0) is 16.8. The molecule has 0 aliphatic carbocycles. The minimum atomic E-state index is -0.163. The number of esters is 1. The third-order valence-corrected chi connectivity index (χ3v) is 4.67. The van der Waals surface area contributed by atoms with Crippen molar-refractivity contribution in [2.45, 2.75) is 38.3 Å². The van der Waals surface area contributed by atoms with E-state index >= 15 is 0 Å². The maximum absolute atomic E-state index is 12.5. The van der Waals surface area contributed by atoms with Gasteiger partial charge in [-0.05, 0) is 37.4 Å². The van der Waals surface area contributed by atoms with Crippen LogP contribution in [0.2, 0.25) is 0 Å². The number of likely N-dealkylation sites (tertiary alicyclic amines) is 1. The Balaban J connectivity index is 1.98. The standard InChI is InChI=1S/C21H25NO2/c1-2-24-21(23)19-15-9-10-16-22(19)20(17-11-5-3-6-12-17)18-13-7-4-8-14-18/h3-8,11-14,19-20H,2,9-10,15-16H2,1H3. The molecule has 3 nitrogen and oxygen atoms in total. The molecule has 1 heterocycles. The minimum Gasteiger partial charge on any atom is -0.465 e. The quantitative estimate of drug-likeness (QED) is 0.773. The fraction of sp³-hybridized carbons (Fsp3) is 0.381. The molecule has 24 heavy (non-hydrogen) atoms. The van der Waals surface area contributed by atoms with Gasteiger partial charge in [0.05, 0.1) is 12.6 Å². The first-order valence-corrected chi connectivity index (χ1v) is 8.83. The van der Waals surface area contributed by atoms with Gasteiger partial charge < -0.3 is 4.74 Å². The Bertz CT molecular complexity index is 602. The highest BCUT2D eigenvalue weighted by Crippen LogP contribution is 2.34. The molecule has 126 valence electrons. The molecule has 2 aromatic rings. The SMILES string of the molecule is CCOC(=O)C1CCCCN1C(c1ccccc1)c1ccccc1. The molecule has 0 bridgehead atoms. The topological polar surface area (TPSA) is 29.5 Å². The summed E-state index contributed by atoms with van der Waals surface area (Å²) >= 11 is 0. The lowest BCUT2D eigenvalue weighted by Crippen LogP contribution is -2.47. The van der Waals surface area contributed by atoms with Gasteiger partial charge in [0.2, 0.25) is 0 Å². The third-order valence-electron chi connectivity index (χ3n) is 4.67. The predicted molar refractivity (Wildman–Crippen MR) is 95.7 cm³/mol. The fourth-order valence-electron chi connectivity index (χ4n) is 3.60.